The number of carbonyl (C=O) groups excluding carboxylic acids is 2. The molecular weight excluding hydrogens is 168 g/mol. The van der Waals surface area contributed by atoms with Crippen molar-refractivity contribution >= 4 is 22.9 Å². The Morgan fingerprint density at radius 1 is 1.55 bits per heavy atom. The molecule has 5 heteroatoms. The minimum absolute atomic E-state index is 0.492. The van der Waals surface area contributed by atoms with Gasteiger partial charge in [0.25, 0.3) is 0 Å². The molecule has 0 aromatic carbocycles. The van der Waals surface area contributed by atoms with E-state index in [4.69, 9.17) is 17.3 Å². The highest BCUT2D eigenvalue weighted by Gasteiger charge is 2.31. The second kappa shape index (κ2) is 3.09. The zero-order valence-corrected chi connectivity index (χ0v) is 6.67. The summed E-state index contributed by atoms with van der Waals surface area (Å²) in [6.45, 7) is 0.540. The molecule has 0 aliphatic carbocycles. The van der Waals surface area contributed by atoms with Crippen LogP contribution in [0.5, 0.6) is 0 Å². The Morgan fingerprint density at radius 2 is 2.18 bits per heavy atom. The van der Waals surface area contributed by atoms with Gasteiger partial charge in [-0.05, 0) is 24.4 Å². The van der Waals surface area contributed by atoms with Crippen molar-refractivity contribution in [1.82, 2.24) is 4.90 Å². The first-order chi connectivity index (χ1) is 5.13. The summed E-state index contributed by atoms with van der Waals surface area (Å²) in [6, 6.07) is -1.06. The summed E-state index contributed by atoms with van der Waals surface area (Å²) >= 11 is 5.23. The highest BCUT2D eigenvalue weighted by Crippen LogP contribution is 2.18. The third kappa shape index (κ3) is 1.63. The summed E-state index contributed by atoms with van der Waals surface area (Å²) in [4.78, 5) is 22.6. The molecule has 0 aromatic rings. The number of amides is 2. The topological polar surface area (TPSA) is 63.4 Å². The lowest BCUT2D eigenvalue weighted by atomic mass is 10.2. The molecule has 0 bridgehead atoms. The first-order valence-corrected chi connectivity index (χ1v) is 3.76. The minimum atomic E-state index is -0.568. The largest absolute Gasteiger partial charge is 0.351 e. The molecule has 2 N–H and O–H groups in total. The van der Waals surface area contributed by atoms with Gasteiger partial charge in [-0.3, -0.25) is 4.79 Å². The Hall–Kier alpha value is -0.770. The standard InChI is InChI=1S/C6H9ClN2O2/c7-5(10)4-2-1-3-9(4)6(8)11/h4H,1-3H2,(H2,8,11)/t4-/m0/s1. The third-order valence-corrected chi connectivity index (χ3v) is 2.05. The molecule has 0 unspecified atom stereocenters. The Balaban J connectivity index is 2.65. The molecule has 0 saturated carbocycles. The predicted octanol–water partition coefficient (Wildman–Crippen LogP) is 0.295. The van der Waals surface area contributed by atoms with Gasteiger partial charge in [-0.1, -0.05) is 0 Å². The van der Waals surface area contributed by atoms with Crippen LogP contribution in [0.25, 0.3) is 0 Å². The van der Waals surface area contributed by atoms with Crippen molar-refractivity contribution in [2.24, 2.45) is 5.73 Å². The van der Waals surface area contributed by atoms with E-state index in [0.717, 1.165) is 6.42 Å². The van der Waals surface area contributed by atoms with Crippen LogP contribution in [0.2, 0.25) is 0 Å². The Morgan fingerprint density at radius 3 is 2.55 bits per heavy atom. The number of hydrogen-bond acceptors (Lipinski definition) is 2. The van der Waals surface area contributed by atoms with E-state index >= 15 is 0 Å². The SMILES string of the molecule is NC(=O)N1CCC[C@H]1C(=O)Cl. The van der Waals surface area contributed by atoms with Gasteiger partial charge >= 0.3 is 6.03 Å². The van der Waals surface area contributed by atoms with Crippen molar-refractivity contribution < 1.29 is 9.59 Å². The van der Waals surface area contributed by atoms with Gasteiger partial charge in [-0.15, -0.1) is 0 Å². The highest BCUT2D eigenvalue weighted by atomic mass is 35.5. The molecule has 1 atom stereocenters. The van der Waals surface area contributed by atoms with Crippen molar-refractivity contribution in [3.63, 3.8) is 0 Å². The van der Waals surface area contributed by atoms with Crippen LogP contribution < -0.4 is 5.73 Å². The molecular formula is C6H9ClN2O2. The minimum Gasteiger partial charge on any atom is -0.351 e. The van der Waals surface area contributed by atoms with E-state index in [-0.39, 0.29) is 0 Å². The van der Waals surface area contributed by atoms with Crippen LogP contribution in [0.4, 0.5) is 4.79 Å². The summed E-state index contributed by atoms with van der Waals surface area (Å²) in [5, 5.41) is -0.499. The lowest BCUT2D eigenvalue weighted by Gasteiger charge is -2.18. The summed E-state index contributed by atoms with van der Waals surface area (Å²) in [5.41, 5.74) is 5.00. The first kappa shape index (κ1) is 8.33. The van der Waals surface area contributed by atoms with Crippen LogP contribution in [0.15, 0.2) is 0 Å². The molecule has 2 amide bonds. The number of rotatable bonds is 1. The van der Waals surface area contributed by atoms with Gasteiger partial charge in [0.1, 0.15) is 6.04 Å². The average Bonchev–Trinajstić information content (AvgIpc) is 2.32. The molecule has 11 heavy (non-hydrogen) atoms. The average molecular weight is 177 g/mol. The van der Waals surface area contributed by atoms with E-state index in [0.29, 0.717) is 13.0 Å². The predicted molar refractivity (Wildman–Crippen MR) is 40.2 cm³/mol. The Bertz CT molecular complexity index is 175. The van der Waals surface area contributed by atoms with Crippen LogP contribution >= 0.6 is 11.6 Å². The van der Waals surface area contributed by atoms with E-state index in [2.05, 4.69) is 0 Å². The van der Waals surface area contributed by atoms with Crippen molar-refractivity contribution in [3.8, 4) is 0 Å². The number of halogens is 1. The molecule has 62 valence electrons. The molecule has 4 nitrogen and oxygen atoms in total. The number of nitrogens with zero attached hydrogens (tertiary/aromatic N) is 1. The maximum absolute atomic E-state index is 10.7. The van der Waals surface area contributed by atoms with Crippen molar-refractivity contribution in [2.45, 2.75) is 18.9 Å². The van der Waals surface area contributed by atoms with E-state index in [1.807, 2.05) is 0 Å². The molecule has 0 radical (unpaired) electrons. The fourth-order valence-corrected chi connectivity index (χ4v) is 1.49. The van der Waals surface area contributed by atoms with Crippen LogP contribution in [0, 0.1) is 0 Å². The number of nitrogens with two attached hydrogens (primary N) is 1. The summed E-state index contributed by atoms with van der Waals surface area (Å²) < 4.78 is 0. The zero-order valence-electron chi connectivity index (χ0n) is 5.92. The molecule has 1 fully saturated rings. The number of hydrogen-bond donors (Lipinski definition) is 1. The summed E-state index contributed by atoms with van der Waals surface area (Å²) in [6.07, 6.45) is 1.43. The molecule has 0 aromatic heterocycles. The summed E-state index contributed by atoms with van der Waals surface area (Å²) in [7, 11) is 0. The van der Waals surface area contributed by atoms with Crippen LogP contribution in [-0.2, 0) is 4.79 Å². The monoisotopic (exact) mass is 176 g/mol. The molecule has 1 heterocycles. The lowest BCUT2D eigenvalue weighted by molar-refractivity contribution is -0.114. The quantitative estimate of drug-likeness (QED) is 0.584. The molecule has 0 spiro atoms. The number of carbonyl (C=O) groups is 2. The lowest BCUT2D eigenvalue weighted by Crippen LogP contribution is -2.42. The van der Waals surface area contributed by atoms with Crippen molar-refractivity contribution in [3.05, 3.63) is 0 Å². The Labute approximate surface area is 69.3 Å². The summed E-state index contributed by atoms with van der Waals surface area (Å²) in [5.74, 6) is 0. The molecule has 1 rings (SSSR count). The van der Waals surface area contributed by atoms with Gasteiger partial charge < -0.3 is 10.6 Å². The smallest absolute Gasteiger partial charge is 0.315 e. The first-order valence-electron chi connectivity index (χ1n) is 3.38. The van der Waals surface area contributed by atoms with E-state index in [1.54, 1.807) is 0 Å². The van der Waals surface area contributed by atoms with Gasteiger partial charge in [0.15, 0.2) is 0 Å². The van der Waals surface area contributed by atoms with Crippen LogP contribution in [0.1, 0.15) is 12.8 Å². The maximum Gasteiger partial charge on any atom is 0.315 e. The van der Waals surface area contributed by atoms with Crippen molar-refractivity contribution in [1.29, 1.82) is 0 Å². The van der Waals surface area contributed by atoms with E-state index in [1.165, 1.54) is 4.90 Å². The van der Waals surface area contributed by atoms with Crippen LogP contribution in [-0.4, -0.2) is 28.8 Å². The fourth-order valence-electron chi connectivity index (χ4n) is 1.27. The number of primary amides is 1. The van der Waals surface area contributed by atoms with Crippen molar-refractivity contribution in [2.75, 3.05) is 6.54 Å². The second-order valence-electron chi connectivity index (χ2n) is 2.49. The normalized spacial score (nSPS) is 23.7. The number of likely N-dealkylation sites (tertiary alicyclic amines) is 1. The maximum atomic E-state index is 10.7. The van der Waals surface area contributed by atoms with Gasteiger partial charge in [-0.25, -0.2) is 4.79 Å². The van der Waals surface area contributed by atoms with Gasteiger partial charge in [0.2, 0.25) is 5.24 Å². The molecule has 1 aliphatic heterocycles. The van der Waals surface area contributed by atoms with E-state index in [9.17, 15) is 9.59 Å². The molecule has 1 aliphatic rings. The zero-order chi connectivity index (χ0) is 8.43. The highest BCUT2D eigenvalue weighted by molar-refractivity contribution is 6.64. The number of urea groups is 1. The second-order valence-corrected chi connectivity index (χ2v) is 2.87. The van der Waals surface area contributed by atoms with Crippen LogP contribution in [0.3, 0.4) is 0 Å². The van der Waals surface area contributed by atoms with Gasteiger partial charge in [-0.2, -0.15) is 0 Å². The van der Waals surface area contributed by atoms with E-state index < -0.39 is 17.3 Å². The van der Waals surface area contributed by atoms with Gasteiger partial charge in [0.05, 0.1) is 0 Å². The third-order valence-electron chi connectivity index (χ3n) is 1.80. The Kier molecular flexibility index (Phi) is 2.34. The van der Waals surface area contributed by atoms with Gasteiger partial charge in [0, 0.05) is 6.54 Å². The molecule has 1 saturated heterocycles. The fraction of sp³-hybridized carbons (Fsp3) is 0.667.